The molecule has 1 N–H and O–H groups in total. The van der Waals surface area contributed by atoms with Crippen LogP contribution < -0.4 is 4.74 Å². The smallest absolute Gasteiger partial charge is 0.410 e. The Bertz CT molecular complexity index is 1750. The minimum atomic E-state index is -0.994. The predicted octanol–water partition coefficient (Wildman–Crippen LogP) is 7.33. The van der Waals surface area contributed by atoms with Gasteiger partial charge in [-0.25, -0.2) is 19.3 Å². The van der Waals surface area contributed by atoms with Gasteiger partial charge in [0.05, 0.1) is 17.6 Å². The number of benzene rings is 2. The highest BCUT2D eigenvalue weighted by Crippen LogP contribution is 2.42. The lowest BCUT2D eigenvalue weighted by Crippen LogP contribution is -2.38. The average Bonchev–Trinajstić information content (AvgIpc) is 3.72. The van der Waals surface area contributed by atoms with Crippen LogP contribution in [0.15, 0.2) is 73.4 Å². The minimum absolute atomic E-state index is 0.119. The third-order valence-corrected chi connectivity index (χ3v) is 9.15. The van der Waals surface area contributed by atoms with Gasteiger partial charge in [-0.05, 0) is 85.4 Å². The lowest BCUT2D eigenvalue weighted by Gasteiger charge is -2.32. The van der Waals surface area contributed by atoms with Crippen LogP contribution in [0.4, 0.5) is 4.79 Å². The molecule has 3 heterocycles. The van der Waals surface area contributed by atoms with E-state index in [1.807, 2.05) is 25.1 Å². The summed E-state index contributed by atoms with van der Waals surface area (Å²) in [5.74, 6) is 0.828. The second-order valence-electron chi connectivity index (χ2n) is 11.8. The van der Waals surface area contributed by atoms with Gasteiger partial charge in [0.1, 0.15) is 24.0 Å². The molecular formula is C37H40N4O5. The maximum absolute atomic E-state index is 12.3. The van der Waals surface area contributed by atoms with E-state index in [1.165, 1.54) is 22.9 Å². The van der Waals surface area contributed by atoms with Crippen LogP contribution in [0.5, 0.6) is 5.75 Å². The van der Waals surface area contributed by atoms with E-state index in [-0.39, 0.29) is 24.4 Å². The number of carboxylic acid groups (broad SMARTS) is 1. The molecule has 1 fully saturated rings. The van der Waals surface area contributed by atoms with Gasteiger partial charge in [-0.1, -0.05) is 56.8 Å². The largest absolute Gasteiger partial charge is 0.486 e. The van der Waals surface area contributed by atoms with Crippen LogP contribution in [0.2, 0.25) is 0 Å². The number of hydrogen-bond donors (Lipinski definition) is 1. The maximum atomic E-state index is 12.3. The molecule has 2 aromatic heterocycles. The number of nitrogens with zero attached hydrogens (tertiary/aromatic N) is 4. The first-order valence-corrected chi connectivity index (χ1v) is 16.1. The van der Waals surface area contributed by atoms with E-state index in [1.54, 1.807) is 15.7 Å². The van der Waals surface area contributed by atoms with Gasteiger partial charge >= 0.3 is 12.1 Å². The summed E-state index contributed by atoms with van der Waals surface area (Å²) in [6.07, 6.45) is 7.60. The lowest BCUT2D eigenvalue weighted by atomic mass is 9.86. The van der Waals surface area contributed by atoms with E-state index < -0.39 is 5.97 Å². The highest BCUT2D eigenvalue weighted by Gasteiger charge is 2.30. The first kappa shape index (κ1) is 31.1. The molecule has 9 heteroatoms. The number of carbonyl (C=O) groups excluding carboxylic acids is 1. The van der Waals surface area contributed by atoms with Crippen molar-refractivity contribution in [3.8, 4) is 22.8 Å². The molecule has 9 nitrogen and oxygen atoms in total. The lowest BCUT2D eigenvalue weighted by molar-refractivity contribution is 0.0695. The molecule has 2 aromatic carbocycles. The number of carbonyl (C=O) groups is 2. The van der Waals surface area contributed by atoms with Crippen molar-refractivity contribution in [3.63, 3.8) is 0 Å². The van der Waals surface area contributed by atoms with Crippen LogP contribution in [0.25, 0.3) is 17.1 Å². The summed E-state index contributed by atoms with van der Waals surface area (Å²) < 4.78 is 13.6. The Morgan fingerprint density at radius 1 is 1.04 bits per heavy atom. The first-order valence-electron chi connectivity index (χ1n) is 16.1. The summed E-state index contributed by atoms with van der Waals surface area (Å²) in [5.41, 5.74) is 7.62. The third kappa shape index (κ3) is 6.14. The Morgan fingerprint density at radius 3 is 2.59 bits per heavy atom. The average molecular weight is 621 g/mol. The number of aromatic nitrogens is 3. The molecule has 1 amide bonds. The zero-order valence-corrected chi connectivity index (χ0v) is 26.4. The van der Waals surface area contributed by atoms with Gasteiger partial charge < -0.3 is 19.5 Å². The Balaban J connectivity index is 1.22. The molecule has 0 saturated carbocycles. The van der Waals surface area contributed by atoms with Crippen LogP contribution in [-0.2, 0) is 24.0 Å². The maximum Gasteiger partial charge on any atom is 0.410 e. The normalized spacial score (nSPS) is 16.2. The van der Waals surface area contributed by atoms with E-state index in [9.17, 15) is 14.7 Å². The predicted molar refractivity (Wildman–Crippen MR) is 176 cm³/mol. The van der Waals surface area contributed by atoms with E-state index >= 15 is 0 Å². The quantitative estimate of drug-likeness (QED) is 0.185. The zero-order chi connectivity index (χ0) is 32.2. The van der Waals surface area contributed by atoms with Gasteiger partial charge in [0, 0.05) is 24.2 Å². The monoisotopic (exact) mass is 620 g/mol. The SMILES string of the molecule is C=CCOC(=O)N1CCC(c2ccc(O[C@H]3CCc4cccc(-c5cccc(-n6ncc(C(=O)O)c6CC)n5)c43)cc2CC)CC1. The van der Waals surface area contributed by atoms with E-state index in [2.05, 4.69) is 55.0 Å². The number of ether oxygens (including phenoxy) is 2. The topological polar surface area (TPSA) is 107 Å². The van der Waals surface area contributed by atoms with E-state index in [4.69, 9.17) is 14.5 Å². The van der Waals surface area contributed by atoms with Gasteiger partial charge in [-0.15, -0.1) is 0 Å². The molecule has 6 rings (SSSR count). The second kappa shape index (κ2) is 13.6. The van der Waals surface area contributed by atoms with Gasteiger partial charge in [0.15, 0.2) is 5.82 Å². The first-order chi connectivity index (χ1) is 22.4. The number of aryl methyl sites for hydroxylation is 2. The fourth-order valence-corrected chi connectivity index (χ4v) is 6.88. The van der Waals surface area contributed by atoms with Crippen molar-refractivity contribution in [1.82, 2.24) is 19.7 Å². The Morgan fingerprint density at radius 2 is 1.85 bits per heavy atom. The molecule has 1 aliphatic heterocycles. The van der Waals surface area contributed by atoms with Gasteiger partial charge in [0.25, 0.3) is 0 Å². The summed E-state index contributed by atoms with van der Waals surface area (Å²) in [5, 5.41) is 14.0. The molecule has 1 aliphatic carbocycles. The summed E-state index contributed by atoms with van der Waals surface area (Å²) in [7, 11) is 0. The molecule has 0 bridgehead atoms. The summed E-state index contributed by atoms with van der Waals surface area (Å²) in [6.45, 7) is 9.30. The molecule has 1 saturated heterocycles. The van der Waals surface area contributed by atoms with Gasteiger partial charge in [-0.3, -0.25) is 0 Å². The van der Waals surface area contributed by atoms with Crippen LogP contribution in [0.1, 0.15) is 83.4 Å². The summed E-state index contributed by atoms with van der Waals surface area (Å²) in [6, 6.07) is 18.6. The number of likely N-dealkylation sites (tertiary alicyclic amines) is 1. The van der Waals surface area contributed by atoms with Crippen molar-refractivity contribution in [3.05, 3.63) is 107 Å². The van der Waals surface area contributed by atoms with Crippen molar-refractivity contribution in [2.45, 2.75) is 64.4 Å². The van der Waals surface area contributed by atoms with Gasteiger partial charge in [0.2, 0.25) is 0 Å². The van der Waals surface area contributed by atoms with Crippen LogP contribution in [0, 0.1) is 0 Å². The highest BCUT2D eigenvalue weighted by atomic mass is 16.6. The number of hydrogen-bond acceptors (Lipinski definition) is 6. The molecule has 4 aromatic rings. The Kier molecular flexibility index (Phi) is 9.19. The number of piperidine rings is 1. The molecule has 46 heavy (non-hydrogen) atoms. The van der Waals surface area contributed by atoms with Crippen LogP contribution in [-0.4, -0.2) is 56.5 Å². The fraction of sp³-hybridized carbons (Fsp3) is 0.351. The number of rotatable bonds is 10. The van der Waals surface area contributed by atoms with Crippen LogP contribution >= 0.6 is 0 Å². The standard InChI is InChI=1S/C37H40N4O5/c1-4-21-45-37(44)40-19-17-25(18-20-40)28-15-14-27(22-24(28)5-2)46-33-16-13-26-9-7-10-29(35(26)33)31-11-8-12-34(39-31)41-32(6-3)30(23-38-41)36(42)43/h4,7-12,14-15,22-23,25,33H,1,5-6,13,16-21H2,2-3H3,(H,42,43)/t33-/m0/s1. The van der Waals surface area contributed by atoms with Crippen molar-refractivity contribution in [1.29, 1.82) is 0 Å². The van der Waals surface area contributed by atoms with Crippen molar-refractivity contribution in [2.24, 2.45) is 0 Å². The molecule has 238 valence electrons. The van der Waals surface area contributed by atoms with E-state index in [0.717, 1.165) is 54.7 Å². The van der Waals surface area contributed by atoms with Crippen LogP contribution in [0.3, 0.4) is 0 Å². The van der Waals surface area contributed by atoms with Crippen molar-refractivity contribution < 1.29 is 24.2 Å². The number of fused-ring (bicyclic) bond motifs is 1. The number of amides is 1. The third-order valence-electron chi connectivity index (χ3n) is 9.15. The molecule has 0 unspecified atom stereocenters. The van der Waals surface area contributed by atoms with Crippen molar-refractivity contribution in [2.75, 3.05) is 19.7 Å². The summed E-state index contributed by atoms with van der Waals surface area (Å²) >= 11 is 0. The molecule has 0 radical (unpaired) electrons. The summed E-state index contributed by atoms with van der Waals surface area (Å²) in [4.78, 5) is 30.7. The molecule has 1 atom stereocenters. The number of pyridine rings is 1. The highest BCUT2D eigenvalue weighted by molar-refractivity contribution is 5.88. The number of carboxylic acids is 1. The van der Waals surface area contributed by atoms with Gasteiger partial charge in [-0.2, -0.15) is 5.10 Å². The number of aromatic carboxylic acids is 1. The Hall–Kier alpha value is -4.92. The van der Waals surface area contributed by atoms with Crippen molar-refractivity contribution >= 4 is 12.1 Å². The Labute approximate surface area is 269 Å². The zero-order valence-electron chi connectivity index (χ0n) is 26.4. The second-order valence-corrected chi connectivity index (χ2v) is 11.8. The molecule has 0 spiro atoms. The molecular weight excluding hydrogens is 580 g/mol. The van der Waals surface area contributed by atoms with E-state index in [0.29, 0.717) is 36.9 Å². The minimum Gasteiger partial charge on any atom is -0.486 e. The fourth-order valence-electron chi connectivity index (χ4n) is 6.88. The molecule has 2 aliphatic rings.